The van der Waals surface area contributed by atoms with Crippen molar-refractivity contribution in [2.24, 2.45) is 35.5 Å². The van der Waals surface area contributed by atoms with Gasteiger partial charge in [0.05, 0.1) is 24.4 Å². The quantitative estimate of drug-likeness (QED) is 0.159. The third-order valence-electron chi connectivity index (χ3n) is 14.3. The fourth-order valence-electron chi connectivity index (χ4n) is 10.1. The Bertz CT molecular complexity index is 1660. The van der Waals surface area contributed by atoms with Crippen molar-refractivity contribution in [3.63, 3.8) is 0 Å². The maximum atomic E-state index is 14.3. The summed E-state index contributed by atoms with van der Waals surface area (Å²) >= 11 is 0. The van der Waals surface area contributed by atoms with Crippen molar-refractivity contribution in [2.45, 2.75) is 186 Å². The number of ketones is 3. The van der Waals surface area contributed by atoms with Crippen molar-refractivity contribution >= 4 is 29.2 Å². The Balaban J connectivity index is 1.67. The van der Waals surface area contributed by atoms with E-state index in [0.29, 0.717) is 63.4 Å². The van der Waals surface area contributed by atoms with Gasteiger partial charge in [-0.1, -0.05) is 65.0 Å². The molecular formula is C50H79NO13. The maximum Gasteiger partial charge on any atom is 0.329 e. The number of carbonyl (C=O) groups excluding carboxylic acids is 5. The summed E-state index contributed by atoms with van der Waals surface area (Å²) in [5, 5.41) is 33.8. The topological polar surface area (TPSA) is 195 Å². The van der Waals surface area contributed by atoms with Gasteiger partial charge in [-0.3, -0.25) is 19.2 Å². The molecule has 0 aromatic heterocycles. The standard InChI is InChI=1S/C50H79NO13/c1-30-16-12-10-11-13-17-37(60-7)28-38-21-19-35(6)50(59,64-38)47(56)48(57)51-23-15-14-18-39(51)49(58)63-42(32(3)26-36-20-22-40(52)43(27-36)61-8)29-41(53)31(2)25-34(5)45(55)46(62-9)44(54)33(4)24-30/h12-13,16-17,25,30-33,35-40,42-43,45-46,52,55,59H,10-11,14-15,18-24,26-29H2,1-9H3/b16-12+,17-13+,34-25+/t30-,31-,32-,33-,35-,36-,37-,38+,39+,40-,42+,43-,45-,46+,50-/m1/s1. The molecule has 1 saturated carbocycles. The number of hydrogen-bond acceptors (Lipinski definition) is 13. The summed E-state index contributed by atoms with van der Waals surface area (Å²) in [4.78, 5) is 71.6. The number of amides is 1. The van der Waals surface area contributed by atoms with E-state index in [2.05, 4.69) is 12.2 Å². The molecule has 1 aliphatic carbocycles. The van der Waals surface area contributed by atoms with Gasteiger partial charge in [-0.25, -0.2) is 4.79 Å². The highest BCUT2D eigenvalue weighted by Crippen LogP contribution is 2.37. The summed E-state index contributed by atoms with van der Waals surface area (Å²) in [5.41, 5.74) is 0.396. The van der Waals surface area contributed by atoms with E-state index in [1.165, 1.54) is 12.0 Å². The van der Waals surface area contributed by atoms with Crippen LogP contribution in [0.25, 0.3) is 0 Å². The molecule has 15 atom stereocenters. The number of carbonyl (C=O) groups is 5. The van der Waals surface area contributed by atoms with Crippen molar-refractivity contribution in [1.82, 2.24) is 4.90 Å². The molecule has 2 saturated heterocycles. The lowest BCUT2D eigenvalue weighted by Gasteiger charge is -2.42. The Kier molecular flexibility index (Phi) is 21.0. The Morgan fingerprint density at radius 1 is 0.859 bits per heavy atom. The first-order valence-corrected chi connectivity index (χ1v) is 23.8. The zero-order valence-electron chi connectivity index (χ0n) is 39.9. The largest absolute Gasteiger partial charge is 0.460 e. The van der Waals surface area contributed by atoms with Crippen LogP contribution in [0.2, 0.25) is 0 Å². The average Bonchev–Trinajstić information content (AvgIpc) is 3.27. The summed E-state index contributed by atoms with van der Waals surface area (Å²) in [6.07, 6.45) is 11.4. The zero-order valence-corrected chi connectivity index (χ0v) is 39.9. The number of cyclic esters (lactones) is 1. The van der Waals surface area contributed by atoms with Crippen LogP contribution in [0.1, 0.15) is 131 Å². The molecule has 0 spiro atoms. The first kappa shape index (κ1) is 53.5. The molecule has 3 N–H and O–H groups in total. The third kappa shape index (κ3) is 14.2. The van der Waals surface area contributed by atoms with Crippen LogP contribution in [-0.4, -0.2) is 132 Å². The number of piperidine rings is 1. The Morgan fingerprint density at radius 3 is 2.23 bits per heavy atom. The van der Waals surface area contributed by atoms with E-state index >= 15 is 0 Å². The zero-order chi connectivity index (χ0) is 47.3. The van der Waals surface area contributed by atoms with Crippen molar-refractivity contribution in [2.75, 3.05) is 27.9 Å². The smallest absolute Gasteiger partial charge is 0.329 e. The molecule has 3 fully saturated rings. The molecule has 2 bridgehead atoms. The van der Waals surface area contributed by atoms with E-state index in [0.717, 1.165) is 19.3 Å². The third-order valence-corrected chi connectivity index (χ3v) is 14.3. The van der Waals surface area contributed by atoms with Crippen molar-refractivity contribution in [3.05, 3.63) is 36.0 Å². The lowest BCUT2D eigenvalue weighted by molar-refractivity contribution is -0.265. The molecule has 362 valence electrons. The monoisotopic (exact) mass is 902 g/mol. The summed E-state index contributed by atoms with van der Waals surface area (Å²) in [6.45, 7) is 10.9. The molecule has 0 radical (unpaired) electrons. The molecule has 14 heteroatoms. The van der Waals surface area contributed by atoms with E-state index in [4.69, 9.17) is 23.7 Å². The van der Waals surface area contributed by atoms with Gasteiger partial charge in [0.25, 0.3) is 11.7 Å². The van der Waals surface area contributed by atoms with Crippen LogP contribution in [-0.2, 0) is 47.7 Å². The number of Topliss-reactive ketones (excluding diaryl/α,β-unsaturated/α-hetero) is 3. The number of hydrogen-bond donors (Lipinski definition) is 3. The summed E-state index contributed by atoms with van der Waals surface area (Å²) in [5.74, 6) is -7.78. The van der Waals surface area contributed by atoms with E-state index in [9.17, 15) is 39.3 Å². The first-order valence-electron chi connectivity index (χ1n) is 23.8. The molecule has 3 heterocycles. The van der Waals surface area contributed by atoms with Crippen LogP contribution in [0.4, 0.5) is 0 Å². The molecule has 3 aliphatic heterocycles. The first-order chi connectivity index (χ1) is 30.3. The molecule has 1 amide bonds. The molecule has 14 nitrogen and oxygen atoms in total. The highest BCUT2D eigenvalue weighted by atomic mass is 16.6. The number of aliphatic hydroxyl groups is 3. The van der Waals surface area contributed by atoms with Crippen LogP contribution in [0.15, 0.2) is 36.0 Å². The Hall–Kier alpha value is -3.11. The van der Waals surface area contributed by atoms with Crippen molar-refractivity contribution in [3.8, 4) is 0 Å². The highest BCUT2D eigenvalue weighted by molar-refractivity contribution is 6.39. The average molecular weight is 902 g/mol. The van der Waals surface area contributed by atoms with Gasteiger partial charge in [-0.2, -0.15) is 0 Å². The normalized spacial score (nSPS) is 40.1. The van der Waals surface area contributed by atoms with E-state index in [1.807, 2.05) is 32.9 Å². The van der Waals surface area contributed by atoms with Crippen LogP contribution in [0.3, 0.4) is 0 Å². The number of aliphatic hydroxyl groups excluding tert-OH is 2. The number of methoxy groups -OCH3 is 3. The molecule has 0 unspecified atom stereocenters. The van der Waals surface area contributed by atoms with Gasteiger partial charge in [-0.05, 0) is 107 Å². The van der Waals surface area contributed by atoms with Crippen molar-refractivity contribution in [1.29, 1.82) is 0 Å². The summed E-state index contributed by atoms with van der Waals surface area (Å²) in [7, 11) is 4.53. The Morgan fingerprint density at radius 2 is 1.56 bits per heavy atom. The fourth-order valence-corrected chi connectivity index (χ4v) is 10.1. The summed E-state index contributed by atoms with van der Waals surface area (Å²) in [6, 6.07) is -1.13. The van der Waals surface area contributed by atoms with Gasteiger partial charge >= 0.3 is 5.97 Å². The lowest BCUT2D eigenvalue weighted by atomic mass is 9.78. The molecule has 64 heavy (non-hydrogen) atoms. The second-order valence-corrected chi connectivity index (χ2v) is 19.4. The van der Waals surface area contributed by atoms with Crippen molar-refractivity contribution < 1.29 is 63.0 Å². The van der Waals surface area contributed by atoms with Crippen LogP contribution in [0, 0.1) is 35.5 Å². The molecule has 4 rings (SSSR count). The highest BCUT2D eigenvalue weighted by Gasteiger charge is 2.53. The molecular weight excluding hydrogens is 823 g/mol. The minimum absolute atomic E-state index is 0.0742. The van der Waals surface area contributed by atoms with E-state index in [1.54, 1.807) is 41.1 Å². The minimum Gasteiger partial charge on any atom is -0.460 e. The fraction of sp³-hybridized carbons (Fsp3) is 0.780. The number of fused-ring (bicyclic) bond motifs is 3. The van der Waals surface area contributed by atoms with Gasteiger partial charge in [0.2, 0.25) is 5.79 Å². The molecule has 0 aromatic carbocycles. The molecule has 0 aromatic rings. The van der Waals surface area contributed by atoms with Gasteiger partial charge in [0, 0.05) is 58.5 Å². The number of ether oxygens (including phenoxy) is 5. The van der Waals surface area contributed by atoms with Crippen LogP contribution >= 0.6 is 0 Å². The maximum absolute atomic E-state index is 14.3. The van der Waals surface area contributed by atoms with Crippen LogP contribution in [0.5, 0.6) is 0 Å². The number of rotatable bonds is 6. The number of esters is 1. The van der Waals surface area contributed by atoms with E-state index < -0.39 is 77.8 Å². The molecule has 4 aliphatic rings. The Labute approximate surface area is 381 Å². The minimum atomic E-state index is -2.41. The van der Waals surface area contributed by atoms with Gasteiger partial charge < -0.3 is 43.9 Å². The van der Waals surface area contributed by atoms with Gasteiger partial charge in [-0.15, -0.1) is 0 Å². The predicted octanol–water partition coefficient (Wildman–Crippen LogP) is 6.01. The summed E-state index contributed by atoms with van der Waals surface area (Å²) < 4.78 is 29.2. The predicted molar refractivity (Wildman–Crippen MR) is 241 cm³/mol. The second kappa shape index (κ2) is 25.1. The number of allylic oxidation sites excluding steroid dienone is 4. The second-order valence-electron chi connectivity index (χ2n) is 19.4. The number of nitrogens with zero attached hydrogens (tertiary/aromatic N) is 1. The van der Waals surface area contributed by atoms with Gasteiger partial charge in [0.1, 0.15) is 30.1 Å². The van der Waals surface area contributed by atoms with Crippen LogP contribution < -0.4 is 0 Å². The lowest BCUT2D eigenvalue weighted by Crippen LogP contribution is -2.60. The van der Waals surface area contributed by atoms with E-state index in [-0.39, 0.29) is 60.9 Å². The SMILES string of the molecule is CO[C@@H]1/C=C/CC/C=C/[C@@H](C)C[C@@H](C)C(=O)[C@H](OC)[C@H](O)/C(C)=C/[C@@H](C)C(=O)C[C@@H]([C@H](C)C[C@H]2CC[C@@H](O)[C@H](OC)C2)OC(=O)[C@@H]2CCCCN2C(=O)C(=O)[C@]2(O)O[C@@H](CC[C@H]2C)C1. The van der Waals surface area contributed by atoms with Gasteiger partial charge in [0.15, 0.2) is 5.78 Å².